The van der Waals surface area contributed by atoms with E-state index in [2.05, 4.69) is 4.98 Å². The van der Waals surface area contributed by atoms with Gasteiger partial charge in [-0.3, -0.25) is 0 Å². The Hall–Kier alpha value is -2.12. The average Bonchev–Trinajstić information content (AvgIpc) is 3.17. The van der Waals surface area contributed by atoms with Crippen molar-refractivity contribution in [2.75, 3.05) is 13.1 Å². The van der Waals surface area contributed by atoms with E-state index in [9.17, 15) is 4.79 Å². The topological polar surface area (TPSA) is 88.7 Å². The summed E-state index contributed by atoms with van der Waals surface area (Å²) in [6, 6.07) is 7.70. The summed E-state index contributed by atoms with van der Waals surface area (Å²) in [5, 5.41) is 9.87. The number of amides is 1. The minimum absolute atomic E-state index is 0.0781. The normalized spacial score (nSPS) is 17.7. The molecule has 2 heterocycles. The Morgan fingerprint density at radius 1 is 1.45 bits per heavy atom. The molecule has 3 rings (SSSR count). The zero-order valence-corrected chi connectivity index (χ0v) is 12.8. The van der Waals surface area contributed by atoms with Gasteiger partial charge in [-0.15, -0.1) is 11.3 Å². The summed E-state index contributed by atoms with van der Waals surface area (Å²) < 4.78 is 5.83. The number of rotatable bonds is 4. The molecule has 0 bridgehead atoms. The van der Waals surface area contributed by atoms with Gasteiger partial charge in [-0.2, -0.15) is 0 Å². The van der Waals surface area contributed by atoms with E-state index >= 15 is 0 Å². The number of ether oxygens (including phenoxy) is 1. The van der Waals surface area contributed by atoms with Crippen LogP contribution >= 0.6 is 11.3 Å². The van der Waals surface area contributed by atoms with E-state index in [4.69, 9.17) is 15.6 Å². The first kappa shape index (κ1) is 14.8. The Labute approximate surface area is 132 Å². The van der Waals surface area contributed by atoms with Crippen molar-refractivity contribution in [2.24, 2.45) is 5.73 Å². The number of hydrogen-bond acceptors (Lipinski definition) is 5. The number of aromatic nitrogens is 1. The summed E-state index contributed by atoms with van der Waals surface area (Å²) in [7, 11) is 0. The van der Waals surface area contributed by atoms with Crippen LogP contribution in [0.4, 0.5) is 4.79 Å². The molecule has 1 fully saturated rings. The van der Waals surface area contributed by atoms with E-state index in [0.29, 0.717) is 19.6 Å². The molecule has 3 N–H and O–H groups in total. The highest BCUT2D eigenvalue weighted by molar-refractivity contribution is 7.15. The van der Waals surface area contributed by atoms with Crippen molar-refractivity contribution in [3.63, 3.8) is 0 Å². The van der Waals surface area contributed by atoms with Gasteiger partial charge in [0.25, 0.3) is 0 Å². The maximum atomic E-state index is 10.9. The van der Waals surface area contributed by atoms with Crippen LogP contribution in [0.1, 0.15) is 11.3 Å². The van der Waals surface area contributed by atoms with Crippen LogP contribution in [-0.4, -0.2) is 40.3 Å². The van der Waals surface area contributed by atoms with Crippen molar-refractivity contribution in [1.82, 2.24) is 9.88 Å². The highest BCUT2D eigenvalue weighted by Crippen LogP contribution is 2.27. The minimum atomic E-state index is -0.888. The quantitative estimate of drug-likeness (QED) is 0.903. The molecular formula is C15H17N3O3S. The van der Waals surface area contributed by atoms with Crippen LogP contribution in [0.25, 0.3) is 10.6 Å². The van der Waals surface area contributed by atoms with Crippen LogP contribution < -0.4 is 10.5 Å². The van der Waals surface area contributed by atoms with Crippen molar-refractivity contribution in [1.29, 1.82) is 0 Å². The van der Waals surface area contributed by atoms with E-state index in [1.807, 2.05) is 24.3 Å². The molecule has 1 aliphatic rings. The maximum Gasteiger partial charge on any atom is 0.407 e. The molecule has 7 heteroatoms. The number of thiazole rings is 1. The van der Waals surface area contributed by atoms with Crippen molar-refractivity contribution >= 4 is 17.4 Å². The Balaban J connectivity index is 1.63. The first-order chi connectivity index (χ1) is 10.7. The fourth-order valence-electron chi connectivity index (χ4n) is 2.40. The van der Waals surface area contributed by atoms with Gasteiger partial charge in [0, 0.05) is 36.1 Å². The lowest BCUT2D eigenvalue weighted by atomic mass is 10.2. The van der Waals surface area contributed by atoms with Crippen LogP contribution in [0.5, 0.6) is 5.75 Å². The second-order valence-electron chi connectivity index (χ2n) is 5.12. The molecule has 1 saturated heterocycles. The Morgan fingerprint density at radius 2 is 2.23 bits per heavy atom. The van der Waals surface area contributed by atoms with Crippen molar-refractivity contribution in [3.05, 3.63) is 35.3 Å². The monoisotopic (exact) mass is 319 g/mol. The molecule has 1 aromatic heterocycles. The lowest BCUT2D eigenvalue weighted by Gasteiger charge is -2.14. The fourth-order valence-corrected chi connectivity index (χ4v) is 3.20. The van der Waals surface area contributed by atoms with Gasteiger partial charge in [-0.05, 0) is 24.3 Å². The van der Waals surface area contributed by atoms with Gasteiger partial charge >= 0.3 is 6.09 Å². The Kier molecular flexibility index (Phi) is 4.26. The molecule has 1 atom stereocenters. The number of hydrogen-bond donors (Lipinski definition) is 2. The molecule has 0 saturated carbocycles. The van der Waals surface area contributed by atoms with Crippen molar-refractivity contribution in [2.45, 2.75) is 19.1 Å². The second-order valence-corrected chi connectivity index (χ2v) is 6.23. The number of benzene rings is 1. The van der Waals surface area contributed by atoms with Gasteiger partial charge in [0.2, 0.25) is 0 Å². The van der Waals surface area contributed by atoms with Gasteiger partial charge in [0.05, 0.1) is 6.54 Å². The Bertz CT molecular complexity index is 656. The van der Waals surface area contributed by atoms with Gasteiger partial charge in [0.1, 0.15) is 16.9 Å². The molecule has 0 unspecified atom stereocenters. The van der Waals surface area contributed by atoms with Crippen LogP contribution in [0.2, 0.25) is 0 Å². The largest absolute Gasteiger partial charge is 0.489 e. The third-order valence-corrected chi connectivity index (χ3v) is 4.64. The third kappa shape index (κ3) is 3.20. The molecule has 6 nitrogen and oxygen atoms in total. The molecule has 1 amide bonds. The average molecular weight is 319 g/mol. The number of carboxylic acid groups (broad SMARTS) is 1. The van der Waals surface area contributed by atoms with Crippen LogP contribution in [0.15, 0.2) is 30.5 Å². The van der Waals surface area contributed by atoms with Gasteiger partial charge in [0.15, 0.2) is 0 Å². The Morgan fingerprint density at radius 3 is 2.82 bits per heavy atom. The fraction of sp³-hybridized carbons (Fsp3) is 0.333. The molecule has 22 heavy (non-hydrogen) atoms. The molecule has 0 aliphatic carbocycles. The van der Waals surface area contributed by atoms with E-state index < -0.39 is 6.09 Å². The minimum Gasteiger partial charge on any atom is -0.489 e. The summed E-state index contributed by atoms with van der Waals surface area (Å²) in [6.07, 6.45) is 1.55. The van der Waals surface area contributed by atoms with Crippen molar-refractivity contribution in [3.8, 4) is 16.3 Å². The SMILES string of the molecule is NCc1cnc(-c2ccc(O[C@H]3CCN(C(=O)O)C3)cc2)s1. The van der Waals surface area contributed by atoms with E-state index in [1.165, 1.54) is 4.90 Å². The standard InChI is InChI=1S/C15H17N3O3S/c16-7-13-8-17-14(22-13)10-1-3-11(4-2-10)21-12-5-6-18(9-12)15(19)20/h1-4,8,12H,5-7,9,16H2,(H,19,20)/t12-/m0/s1. The summed E-state index contributed by atoms with van der Waals surface area (Å²) in [5.74, 6) is 0.747. The molecule has 1 aromatic carbocycles. The second kappa shape index (κ2) is 6.33. The number of carbonyl (C=O) groups is 1. The van der Waals surface area contributed by atoms with Gasteiger partial charge in [-0.1, -0.05) is 0 Å². The molecule has 0 spiro atoms. The zero-order valence-electron chi connectivity index (χ0n) is 11.9. The number of nitrogens with two attached hydrogens (primary N) is 1. The van der Waals surface area contributed by atoms with Crippen molar-refractivity contribution < 1.29 is 14.6 Å². The predicted octanol–water partition coefficient (Wildman–Crippen LogP) is 2.40. The van der Waals surface area contributed by atoms with Crippen LogP contribution in [-0.2, 0) is 6.54 Å². The molecule has 1 aliphatic heterocycles. The highest BCUT2D eigenvalue weighted by atomic mass is 32.1. The first-order valence-corrected chi connectivity index (χ1v) is 7.87. The molecule has 116 valence electrons. The summed E-state index contributed by atoms with van der Waals surface area (Å²) in [4.78, 5) is 17.7. The smallest absolute Gasteiger partial charge is 0.407 e. The molecular weight excluding hydrogens is 302 g/mol. The van der Waals surface area contributed by atoms with E-state index in [0.717, 1.165) is 27.6 Å². The van der Waals surface area contributed by atoms with E-state index in [1.54, 1.807) is 17.5 Å². The number of nitrogens with zero attached hydrogens (tertiary/aromatic N) is 2. The maximum absolute atomic E-state index is 10.9. The predicted molar refractivity (Wildman–Crippen MR) is 84.1 cm³/mol. The lowest BCUT2D eigenvalue weighted by molar-refractivity contribution is 0.145. The third-order valence-electron chi connectivity index (χ3n) is 3.57. The molecule has 0 radical (unpaired) electrons. The van der Waals surface area contributed by atoms with Crippen LogP contribution in [0.3, 0.4) is 0 Å². The van der Waals surface area contributed by atoms with E-state index in [-0.39, 0.29) is 6.10 Å². The zero-order chi connectivity index (χ0) is 15.5. The lowest BCUT2D eigenvalue weighted by Crippen LogP contribution is -2.29. The molecule has 2 aromatic rings. The number of likely N-dealkylation sites (tertiary alicyclic amines) is 1. The summed E-state index contributed by atoms with van der Waals surface area (Å²) in [6.45, 7) is 1.45. The summed E-state index contributed by atoms with van der Waals surface area (Å²) in [5.41, 5.74) is 6.62. The first-order valence-electron chi connectivity index (χ1n) is 7.05. The van der Waals surface area contributed by atoms with Crippen LogP contribution in [0, 0.1) is 0 Å². The van der Waals surface area contributed by atoms with Gasteiger partial charge < -0.3 is 20.5 Å². The summed E-state index contributed by atoms with van der Waals surface area (Å²) >= 11 is 1.58. The highest BCUT2D eigenvalue weighted by Gasteiger charge is 2.27. The van der Waals surface area contributed by atoms with Gasteiger partial charge in [-0.25, -0.2) is 9.78 Å².